The number of amidine groups is 2. The van der Waals surface area contributed by atoms with E-state index < -0.39 is 0 Å². The van der Waals surface area contributed by atoms with E-state index in [1.54, 1.807) is 0 Å². The van der Waals surface area contributed by atoms with Gasteiger partial charge in [-0.1, -0.05) is 13.8 Å². The number of ketones is 1. The van der Waals surface area contributed by atoms with Gasteiger partial charge in [0.05, 0.1) is 0 Å². The van der Waals surface area contributed by atoms with Gasteiger partial charge in [0.25, 0.3) is 0 Å². The molecule has 0 aromatic heterocycles. The molecular weight excluding hydrogens is 142 g/mol. The second-order valence-electron chi connectivity index (χ2n) is 2.63. The Labute approximate surface area is 66.0 Å². The number of rotatable bonds is 2. The second kappa shape index (κ2) is 3.85. The molecule has 0 aliphatic heterocycles. The van der Waals surface area contributed by atoms with Crippen LogP contribution in [-0.4, -0.2) is 17.5 Å². The van der Waals surface area contributed by atoms with Gasteiger partial charge >= 0.3 is 5.84 Å². The number of carbonyl (C=O) groups is 1. The fourth-order valence-corrected chi connectivity index (χ4v) is 0.347. The number of aliphatic imine (C=N–C) groups is 1. The molecule has 0 unspecified atom stereocenters. The molecule has 0 amide bonds. The first-order chi connectivity index (χ1) is 4.95. The topological polar surface area (TPSA) is 81.0 Å². The first-order valence-electron chi connectivity index (χ1n) is 3.42. The van der Waals surface area contributed by atoms with Crippen molar-refractivity contribution < 1.29 is 10.2 Å². The minimum absolute atomic E-state index is 0.0313. The first-order valence-corrected chi connectivity index (χ1v) is 3.42. The number of nitrogens with two attached hydrogens (primary N) is 2. The maximum absolute atomic E-state index is 10.6. The third-order valence-electron chi connectivity index (χ3n) is 1.20. The average Bonchev–Trinajstić information content (AvgIpc) is 1.87. The molecule has 0 radical (unpaired) electrons. The molecule has 0 saturated carbocycles. The zero-order valence-electron chi connectivity index (χ0n) is 7.09. The summed E-state index contributed by atoms with van der Waals surface area (Å²) in [5, 5.41) is 5.25. The SMILES string of the molecule is CC(=O)C(=[NH2+])N=C(N)C(C)C. The fraction of sp³-hybridized carbons (Fsp3) is 0.571. The summed E-state index contributed by atoms with van der Waals surface area (Å²) in [6.07, 6.45) is 0. The highest BCUT2D eigenvalue weighted by atomic mass is 16.1. The van der Waals surface area contributed by atoms with Crippen LogP contribution < -0.4 is 11.1 Å². The molecule has 0 fully saturated rings. The van der Waals surface area contributed by atoms with Crippen molar-refractivity contribution in [1.29, 1.82) is 0 Å². The van der Waals surface area contributed by atoms with E-state index in [1.165, 1.54) is 6.92 Å². The molecule has 4 N–H and O–H groups in total. The Hall–Kier alpha value is -1.19. The van der Waals surface area contributed by atoms with Crippen LogP contribution >= 0.6 is 0 Å². The monoisotopic (exact) mass is 156 g/mol. The Bertz CT molecular complexity index is 206. The molecule has 0 spiro atoms. The minimum atomic E-state index is -0.256. The van der Waals surface area contributed by atoms with Gasteiger partial charge in [-0.05, 0) is 4.99 Å². The Morgan fingerprint density at radius 1 is 1.55 bits per heavy atom. The van der Waals surface area contributed by atoms with Gasteiger partial charge in [0.1, 0.15) is 0 Å². The van der Waals surface area contributed by atoms with Gasteiger partial charge in [-0.3, -0.25) is 10.2 Å². The summed E-state index contributed by atoms with van der Waals surface area (Å²) in [5.41, 5.74) is 5.45. The van der Waals surface area contributed by atoms with Crippen molar-refractivity contribution in [3.63, 3.8) is 0 Å². The van der Waals surface area contributed by atoms with Crippen molar-refractivity contribution in [3.8, 4) is 0 Å². The van der Waals surface area contributed by atoms with E-state index in [9.17, 15) is 4.79 Å². The Kier molecular flexibility index (Phi) is 3.44. The highest BCUT2D eigenvalue weighted by molar-refractivity contribution is 6.37. The standard InChI is InChI=1S/C7H13N3O/c1-4(2)6(8)10-7(9)5(3)11/h4H,1-3H3,(H3,8,9,10)/p+1. The van der Waals surface area contributed by atoms with Crippen LogP contribution in [0.1, 0.15) is 20.8 Å². The lowest BCUT2D eigenvalue weighted by atomic mass is 10.2. The summed E-state index contributed by atoms with van der Waals surface area (Å²) in [6.45, 7) is 5.12. The van der Waals surface area contributed by atoms with Crippen molar-refractivity contribution >= 4 is 17.5 Å². The molecule has 11 heavy (non-hydrogen) atoms. The van der Waals surface area contributed by atoms with E-state index in [1.807, 2.05) is 13.8 Å². The fourth-order valence-electron chi connectivity index (χ4n) is 0.347. The van der Waals surface area contributed by atoms with Crippen LogP contribution in [0.25, 0.3) is 0 Å². The lowest BCUT2D eigenvalue weighted by molar-refractivity contribution is -0.134. The third-order valence-corrected chi connectivity index (χ3v) is 1.20. The maximum atomic E-state index is 10.6. The molecule has 4 nitrogen and oxygen atoms in total. The average molecular weight is 156 g/mol. The van der Waals surface area contributed by atoms with Crippen LogP contribution in [-0.2, 0) is 4.79 Å². The predicted octanol–water partition coefficient (Wildman–Crippen LogP) is -1.25. The quantitative estimate of drug-likeness (QED) is 0.387. The van der Waals surface area contributed by atoms with E-state index >= 15 is 0 Å². The summed E-state index contributed by atoms with van der Waals surface area (Å²) >= 11 is 0. The summed E-state index contributed by atoms with van der Waals surface area (Å²) < 4.78 is 0. The smallest absolute Gasteiger partial charge is 0.359 e. The number of carbonyl (C=O) groups excluding carboxylic acids is 1. The molecule has 0 atom stereocenters. The van der Waals surface area contributed by atoms with E-state index in [2.05, 4.69) is 4.99 Å². The van der Waals surface area contributed by atoms with Gasteiger partial charge < -0.3 is 5.73 Å². The molecule has 0 aromatic carbocycles. The molecule has 0 aromatic rings. The number of hydrogen-bond donors (Lipinski definition) is 2. The Morgan fingerprint density at radius 2 is 2.00 bits per heavy atom. The summed E-state index contributed by atoms with van der Waals surface area (Å²) in [7, 11) is 0. The molecule has 0 saturated heterocycles. The van der Waals surface area contributed by atoms with Crippen LogP contribution in [0.3, 0.4) is 0 Å². The predicted molar refractivity (Wildman–Crippen MR) is 44.1 cm³/mol. The van der Waals surface area contributed by atoms with Crippen molar-refractivity contribution in [1.82, 2.24) is 0 Å². The van der Waals surface area contributed by atoms with Gasteiger partial charge in [0, 0.05) is 12.8 Å². The van der Waals surface area contributed by atoms with Gasteiger partial charge in [-0.25, -0.2) is 0 Å². The second-order valence-corrected chi connectivity index (χ2v) is 2.63. The van der Waals surface area contributed by atoms with Crippen LogP contribution in [0.5, 0.6) is 0 Å². The summed E-state index contributed by atoms with van der Waals surface area (Å²) in [4.78, 5) is 14.3. The third kappa shape index (κ3) is 3.50. The minimum Gasteiger partial charge on any atom is -0.366 e. The van der Waals surface area contributed by atoms with Crippen molar-refractivity contribution in [2.45, 2.75) is 20.8 Å². The molecule has 0 aliphatic rings. The lowest BCUT2D eigenvalue weighted by Crippen LogP contribution is -2.44. The molecule has 4 heteroatoms. The Balaban J connectivity index is 4.32. The molecule has 0 heterocycles. The van der Waals surface area contributed by atoms with Crippen LogP contribution in [0.15, 0.2) is 4.99 Å². The zero-order chi connectivity index (χ0) is 9.02. The highest BCUT2D eigenvalue weighted by Gasteiger charge is 2.13. The van der Waals surface area contributed by atoms with E-state index in [0.717, 1.165) is 0 Å². The zero-order valence-corrected chi connectivity index (χ0v) is 7.09. The molecule has 0 rings (SSSR count). The van der Waals surface area contributed by atoms with Gasteiger partial charge in [-0.2, -0.15) is 0 Å². The van der Waals surface area contributed by atoms with E-state index in [-0.39, 0.29) is 17.5 Å². The largest absolute Gasteiger partial charge is 0.366 e. The van der Waals surface area contributed by atoms with Crippen molar-refractivity contribution in [3.05, 3.63) is 0 Å². The van der Waals surface area contributed by atoms with E-state index in [4.69, 9.17) is 11.1 Å². The number of Topliss-reactive ketones (excluding diaryl/α,β-unsaturated/α-hetero) is 1. The van der Waals surface area contributed by atoms with Crippen molar-refractivity contribution in [2.24, 2.45) is 16.6 Å². The highest BCUT2D eigenvalue weighted by Crippen LogP contribution is 1.91. The van der Waals surface area contributed by atoms with E-state index in [0.29, 0.717) is 5.84 Å². The molecule has 62 valence electrons. The lowest BCUT2D eigenvalue weighted by Gasteiger charge is -1.94. The maximum Gasteiger partial charge on any atom is 0.359 e. The summed E-state index contributed by atoms with van der Waals surface area (Å²) in [6, 6.07) is 0. The van der Waals surface area contributed by atoms with Gasteiger partial charge in [-0.15, -0.1) is 0 Å². The van der Waals surface area contributed by atoms with Crippen LogP contribution in [0.2, 0.25) is 0 Å². The Morgan fingerprint density at radius 3 is 2.27 bits per heavy atom. The van der Waals surface area contributed by atoms with Crippen LogP contribution in [0, 0.1) is 5.92 Å². The molecule has 0 aliphatic carbocycles. The summed E-state index contributed by atoms with van der Waals surface area (Å²) in [5.74, 6) is 0.218. The molecule has 0 bridgehead atoms. The van der Waals surface area contributed by atoms with Gasteiger partial charge in [0.15, 0.2) is 0 Å². The normalized spacial score (nSPS) is 11.8. The first kappa shape index (κ1) is 9.81. The number of nitrogens with zero attached hydrogens (tertiary/aromatic N) is 1. The van der Waals surface area contributed by atoms with Crippen molar-refractivity contribution in [2.75, 3.05) is 0 Å². The van der Waals surface area contributed by atoms with Gasteiger partial charge in [0.2, 0.25) is 11.6 Å². The van der Waals surface area contributed by atoms with Crippen LogP contribution in [0.4, 0.5) is 0 Å². The molecular formula is C7H14N3O+. The number of hydrogen-bond acceptors (Lipinski definition) is 1.